The Labute approximate surface area is 160 Å². The number of hydrogen-bond acceptors (Lipinski definition) is 8. The van der Waals surface area contributed by atoms with Crippen molar-refractivity contribution in [2.45, 2.75) is 11.8 Å². The number of rotatable bonds is 8. The lowest BCUT2D eigenvalue weighted by Gasteiger charge is -2.09. The van der Waals surface area contributed by atoms with Crippen molar-refractivity contribution in [2.24, 2.45) is 0 Å². The highest BCUT2D eigenvalue weighted by Gasteiger charge is 2.17. The average molecular weight is 403 g/mol. The second kappa shape index (κ2) is 8.10. The first-order valence-corrected chi connectivity index (χ1v) is 9.66. The second-order valence-electron chi connectivity index (χ2n) is 5.74. The first-order chi connectivity index (χ1) is 13.3. The van der Waals surface area contributed by atoms with Gasteiger partial charge in [-0.1, -0.05) is 6.07 Å². The Hall–Kier alpha value is -3.38. The maximum Gasteiger partial charge on any atom is 0.270 e. The standard InChI is InChI=1S/C16H17N7O4S/c1-12-5-8-22(21-12)16-10-15(18-11-19-16)17-6-7-20-28(26,27)14-4-2-3-13(9-14)23(24)25/h2-5,8-11,20H,6-7H2,1H3,(H,17,18,19). The Kier molecular flexibility index (Phi) is 5.61. The minimum absolute atomic E-state index is 0.0608. The van der Waals surface area contributed by atoms with Crippen molar-refractivity contribution >= 4 is 21.5 Å². The molecule has 3 aromatic rings. The minimum atomic E-state index is -3.86. The molecule has 0 saturated carbocycles. The van der Waals surface area contributed by atoms with Crippen molar-refractivity contribution in [3.8, 4) is 5.82 Å². The Morgan fingerprint density at radius 1 is 1.18 bits per heavy atom. The van der Waals surface area contributed by atoms with Crippen LogP contribution >= 0.6 is 0 Å². The van der Waals surface area contributed by atoms with Gasteiger partial charge in [0.15, 0.2) is 5.82 Å². The number of aromatic nitrogens is 4. The summed E-state index contributed by atoms with van der Waals surface area (Å²) in [6.07, 6.45) is 3.15. The van der Waals surface area contributed by atoms with Crippen molar-refractivity contribution in [2.75, 3.05) is 18.4 Å². The van der Waals surface area contributed by atoms with Crippen LogP contribution in [0.25, 0.3) is 5.82 Å². The van der Waals surface area contributed by atoms with Crippen molar-refractivity contribution in [3.63, 3.8) is 0 Å². The van der Waals surface area contributed by atoms with Crippen LogP contribution in [0.5, 0.6) is 0 Å². The molecule has 146 valence electrons. The van der Waals surface area contributed by atoms with E-state index in [1.165, 1.54) is 24.5 Å². The molecule has 0 saturated heterocycles. The molecule has 12 heteroatoms. The van der Waals surface area contributed by atoms with E-state index in [4.69, 9.17) is 0 Å². The van der Waals surface area contributed by atoms with Crippen LogP contribution in [-0.4, -0.2) is 46.2 Å². The topological polar surface area (TPSA) is 145 Å². The number of nitrogens with zero attached hydrogens (tertiary/aromatic N) is 5. The quantitative estimate of drug-likeness (QED) is 0.325. The van der Waals surface area contributed by atoms with Crippen molar-refractivity contribution in [1.82, 2.24) is 24.5 Å². The third-order valence-electron chi connectivity index (χ3n) is 3.67. The zero-order valence-corrected chi connectivity index (χ0v) is 15.6. The van der Waals surface area contributed by atoms with E-state index in [0.717, 1.165) is 11.8 Å². The SMILES string of the molecule is Cc1ccn(-c2cc(NCCNS(=O)(=O)c3cccc([N+](=O)[O-])c3)ncn2)n1. The molecule has 0 radical (unpaired) electrons. The molecule has 0 amide bonds. The van der Waals surface area contributed by atoms with Gasteiger partial charge in [-0.25, -0.2) is 27.8 Å². The van der Waals surface area contributed by atoms with Crippen LogP contribution in [0.15, 0.2) is 53.8 Å². The third kappa shape index (κ3) is 4.66. The molecular weight excluding hydrogens is 386 g/mol. The van der Waals surface area contributed by atoms with Crippen LogP contribution in [-0.2, 0) is 10.0 Å². The van der Waals surface area contributed by atoms with Gasteiger partial charge in [0, 0.05) is 37.5 Å². The van der Waals surface area contributed by atoms with Crippen LogP contribution in [0, 0.1) is 17.0 Å². The van der Waals surface area contributed by atoms with Gasteiger partial charge in [-0.2, -0.15) is 5.10 Å². The predicted octanol–water partition coefficient (Wildman–Crippen LogP) is 1.27. The summed E-state index contributed by atoms with van der Waals surface area (Å²) in [6, 6.07) is 8.39. The van der Waals surface area contributed by atoms with Gasteiger partial charge < -0.3 is 5.32 Å². The summed E-state index contributed by atoms with van der Waals surface area (Å²) in [7, 11) is -3.86. The van der Waals surface area contributed by atoms with E-state index in [0.29, 0.717) is 11.6 Å². The Morgan fingerprint density at radius 3 is 2.71 bits per heavy atom. The predicted molar refractivity (Wildman–Crippen MR) is 101 cm³/mol. The smallest absolute Gasteiger partial charge is 0.270 e. The van der Waals surface area contributed by atoms with Crippen LogP contribution in [0.4, 0.5) is 11.5 Å². The fourth-order valence-corrected chi connectivity index (χ4v) is 3.41. The lowest BCUT2D eigenvalue weighted by atomic mass is 10.3. The molecule has 2 N–H and O–H groups in total. The molecule has 2 aromatic heterocycles. The molecule has 1 aromatic carbocycles. The normalized spacial score (nSPS) is 11.3. The monoisotopic (exact) mass is 403 g/mol. The minimum Gasteiger partial charge on any atom is -0.369 e. The van der Waals surface area contributed by atoms with Crippen molar-refractivity contribution in [1.29, 1.82) is 0 Å². The van der Waals surface area contributed by atoms with E-state index in [9.17, 15) is 18.5 Å². The summed E-state index contributed by atoms with van der Waals surface area (Å²) in [5.41, 5.74) is 0.562. The Balaban J connectivity index is 1.58. The molecule has 0 unspecified atom stereocenters. The first kappa shape index (κ1) is 19.4. The van der Waals surface area contributed by atoms with Gasteiger partial charge in [0.2, 0.25) is 10.0 Å². The van der Waals surface area contributed by atoms with E-state index in [2.05, 4.69) is 25.1 Å². The van der Waals surface area contributed by atoms with E-state index in [1.807, 2.05) is 13.0 Å². The number of sulfonamides is 1. The highest BCUT2D eigenvalue weighted by molar-refractivity contribution is 7.89. The van der Waals surface area contributed by atoms with Crippen LogP contribution in [0.3, 0.4) is 0 Å². The lowest BCUT2D eigenvalue weighted by Crippen LogP contribution is -2.29. The summed E-state index contributed by atoms with van der Waals surface area (Å²) in [5, 5.41) is 18.0. The fourth-order valence-electron chi connectivity index (χ4n) is 2.34. The molecule has 0 spiro atoms. The molecular formula is C16H17N7O4S. The number of anilines is 1. The summed E-state index contributed by atoms with van der Waals surface area (Å²) in [4.78, 5) is 18.2. The summed E-state index contributed by atoms with van der Waals surface area (Å²) >= 11 is 0. The zero-order chi connectivity index (χ0) is 20.1. The second-order valence-corrected chi connectivity index (χ2v) is 7.51. The number of nitrogens with one attached hydrogen (secondary N) is 2. The molecule has 0 aliphatic heterocycles. The zero-order valence-electron chi connectivity index (χ0n) is 14.8. The van der Waals surface area contributed by atoms with Crippen LogP contribution < -0.4 is 10.0 Å². The number of non-ortho nitro benzene ring substituents is 1. The Morgan fingerprint density at radius 2 is 2.00 bits per heavy atom. The maximum absolute atomic E-state index is 12.3. The molecule has 3 rings (SSSR count). The highest BCUT2D eigenvalue weighted by Crippen LogP contribution is 2.17. The molecule has 0 aliphatic rings. The molecule has 2 heterocycles. The Bertz CT molecular complexity index is 1100. The van der Waals surface area contributed by atoms with Gasteiger partial charge in [-0.15, -0.1) is 0 Å². The van der Waals surface area contributed by atoms with E-state index < -0.39 is 14.9 Å². The van der Waals surface area contributed by atoms with Gasteiger partial charge in [0.05, 0.1) is 15.5 Å². The van der Waals surface area contributed by atoms with Gasteiger partial charge in [0.25, 0.3) is 5.69 Å². The number of hydrogen-bond donors (Lipinski definition) is 2. The fraction of sp³-hybridized carbons (Fsp3) is 0.188. The van der Waals surface area contributed by atoms with E-state index in [1.54, 1.807) is 16.9 Å². The number of nitro groups is 1. The number of nitro benzene ring substituents is 1. The molecule has 0 fully saturated rings. The van der Waals surface area contributed by atoms with Crippen LogP contribution in [0.2, 0.25) is 0 Å². The summed E-state index contributed by atoms with van der Waals surface area (Å²) in [5.74, 6) is 1.08. The van der Waals surface area contributed by atoms with Crippen molar-refractivity contribution < 1.29 is 13.3 Å². The maximum atomic E-state index is 12.3. The largest absolute Gasteiger partial charge is 0.369 e. The number of benzene rings is 1. The lowest BCUT2D eigenvalue weighted by molar-refractivity contribution is -0.385. The van der Waals surface area contributed by atoms with Gasteiger partial charge in [-0.05, 0) is 19.1 Å². The molecule has 28 heavy (non-hydrogen) atoms. The molecule has 11 nitrogen and oxygen atoms in total. The number of aryl methyl sites for hydroxylation is 1. The third-order valence-corrected chi connectivity index (χ3v) is 5.13. The van der Waals surface area contributed by atoms with Crippen LogP contribution in [0.1, 0.15) is 5.69 Å². The highest BCUT2D eigenvalue weighted by atomic mass is 32.2. The first-order valence-electron chi connectivity index (χ1n) is 8.18. The van der Waals surface area contributed by atoms with Gasteiger partial charge >= 0.3 is 0 Å². The molecule has 0 aliphatic carbocycles. The van der Waals surface area contributed by atoms with E-state index in [-0.39, 0.29) is 23.7 Å². The summed E-state index contributed by atoms with van der Waals surface area (Å²) < 4.78 is 28.5. The van der Waals surface area contributed by atoms with Gasteiger partial charge in [-0.3, -0.25) is 10.1 Å². The molecule has 0 bridgehead atoms. The van der Waals surface area contributed by atoms with Gasteiger partial charge in [0.1, 0.15) is 12.1 Å². The summed E-state index contributed by atoms with van der Waals surface area (Å²) in [6.45, 7) is 2.18. The van der Waals surface area contributed by atoms with E-state index >= 15 is 0 Å². The average Bonchev–Trinajstić information content (AvgIpc) is 3.12. The van der Waals surface area contributed by atoms with Crippen molar-refractivity contribution in [3.05, 3.63) is 64.7 Å². The molecule has 0 atom stereocenters.